The van der Waals surface area contributed by atoms with Crippen molar-refractivity contribution in [3.05, 3.63) is 12.7 Å². The zero-order valence-electron chi connectivity index (χ0n) is 11.6. The van der Waals surface area contributed by atoms with Gasteiger partial charge in [-0.1, -0.05) is 32.3 Å². The molecule has 0 saturated heterocycles. The predicted octanol–water partition coefficient (Wildman–Crippen LogP) is 3.54. The molecule has 0 aliphatic heterocycles. The van der Waals surface area contributed by atoms with Crippen molar-refractivity contribution in [3.63, 3.8) is 0 Å². The smallest absolute Gasteiger partial charge is 0.146 e. The molecule has 0 spiro atoms. The van der Waals surface area contributed by atoms with E-state index in [0.717, 1.165) is 19.3 Å². The summed E-state index contributed by atoms with van der Waals surface area (Å²) in [7, 11) is 3.41. The molecule has 17 heavy (non-hydrogen) atoms. The molecule has 3 nitrogen and oxygen atoms in total. The van der Waals surface area contributed by atoms with E-state index in [1.54, 1.807) is 14.2 Å². The Kier molecular flexibility index (Phi) is 11.8. The average molecular weight is 244 g/mol. The quantitative estimate of drug-likeness (QED) is 0.298. The largest absolute Gasteiger partial charge is 0.381 e. The van der Waals surface area contributed by atoms with E-state index in [-0.39, 0.29) is 12.2 Å². The molecular weight excluding hydrogens is 216 g/mol. The summed E-state index contributed by atoms with van der Waals surface area (Å²) >= 11 is 0. The van der Waals surface area contributed by atoms with Gasteiger partial charge in [-0.15, -0.1) is 6.58 Å². The molecule has 0 heterocycles. The highest BCUT2D eigenvalue weighted by atomic mass is 16.7. The summed E-state index contributed by atoms with van der Waals surface area (Å²) in [6.45, 7) is 6.30. The van der Waals surface area contributed by atoms with Crippen LogP contribution in [0.15, 0.2) is 12.7 Å². The van der Waals surface area contributed by atoms with Crippen molar-refractivity contribution in [1.29, 1.82) is 0 Å². The number of hydrogen-bond donors (Lipinski definition) is 0. The van der Waals surface area contributed by atoms with Gasteiger partial charge in [-0.05, 0) is 12.8 Å². The van der Waals surface area contributed by atoms with Gasteiger partial charge in [0.15, 0.2) is 0 Å². The Bertz CT molecular complexity index is 171. The summed E-state index contributed by atoms with van der Waals surface area (Å²) in [6, 6.07) is 0. The molecule has 0 fully saturated rings. The van der Waals surface area contributed by atoms with Crippen LogP contribution >= 0.6 is 0 Å². The predicted molar refractivity (Wildman–Crippen MR) is 71.1 cm³/mol. The van der Waals surface area contributed by atoms with Crippen LogP contribution in [0.5, 0.6) is 0 Å². The minimum atomic E-state index is 0.152. The molecular formula is C14H28O3. The lowest BCUT2D eigenvalue weighted by Crippen LogP contribution is -2.23. The molecule has 2 atom stereocenters. The number of methoxy groups -OCH3 is 2. The van der Waals surface area contributed by atoms with Gasteiger partial charge in [-0.3, -0.25) is 0 Å². The molecule has 0 unspecified atom stereocenters. The van der Waals surface area contributed by atoms with Crippen LogP contribution in [0.3, 0.4) is 0 Å². The van der Waals surface area contributed by atoms with E-state index in [1.165, 1.54) is 19.3 Å². The van der Waals surface area contributed by atoms with Gasteiger partial charge in [0, 0.05) is 20.6 Å². The zero-order valence-corrected chi connectivity index (χ0v) is 11.6. The Hall–Kier alpha value is -0.380. The molecule has 0 amide bonds. The van der Waals surface area contributed by atoms with Crippen molar-refractivity contribution < 1.29 is 14.2 Å². The Morgan fingerprint density at radius 1 is 1.18 bits per heavy atom. The monoisotopic (exact) mass is 244 g/mol. The third-order valence-corrected chi connectivity index (χ3v) is 2.84. The average Bonchev–Trinajstić information content (AvgIpc) is 2.35. The van der Waals surface area contributed by atoms with Crippen molar-refractivity contribution >= 4 is 0 Å². The summed E-state index contributed by atoms with van der Waals surface area (Å²) < 4.78 is 16.0. The van der Waals surface area contributed by atoms with Gasteiger partial charge < -0.3 is 14.2 Å². The van der Waals surface area contributed by atoms with Crippen LogP contribution in [-0.4, -0.2) is 33.2 Å². The van der Waals surface area contributed by atoms with Gasteiger partial charge >= 0.3 is 0 Å². The highest BCUT2D eigenvalue weighted by Crippen LogP contribution is 2.15. The Labute approximate surface area is 106 Å². The summed E-state index contributed by atoms with van der Waals surface area (Å²) in [4.78, 5) is 0. The lowest BCUT2D eigenvalue weighted by molar-refractivity contribution is -0.0867. The molecule has 0 rings (SSSR count). The molecule has 0 aromatic heterocycles. The molecule has 0 N–H and O–H groups in total. The van der Waals surface area contributed by atoms with Gasteiger partial charge in [-0.2, -0.15) is 0 Å². The van der Waals surface area contributed by atoms with E-state index in [9.17, 15) is 0 Å². The van der Waals surface area contributed by atoms with Gasteiger partial charge in [0.25, 0.3) is 0 Å². The first-order valence-electron chi connectivity index (χ1n) is 6.52. The Morgan fingerprint density at radius 2 is 1.94 bits per heavy atom. The van der Waals surface area contributed by atoms with E-state index in [0.29, 0.717) is 6.79 Å². The maximum absolute atomic E-state index is 5.60. The maximum Gasteiger partial charge on any atom is 0.146 e. The third kappa shape index (κ3) is 9.33. The Morgan fingerprint density at radius 3 is 2.47 bits per heavy atom. The van der Waals surface area contributed by atoms with Crippen molar-refractivity contribution in [2.45, 2.75) is 57.7 Å². The standard InChI is InChI=1S/C14H28O3/c1-5-7-8-10-13(16-4)11-14(9-6-2)17-12-15-3/h6,13-14H,2,5,7-12H2,1,3-4H3/t13-,14+/m1/s1. The van der Waals surface area contributed by atoms with Gasteiger partial charge in [0.2, 0.25) is 0 Å². The third-order valence-electron chi connectivity index (χ3n) is 2.84. The molecule has 0 aromatic carbocycles. The van der Waals surface area contributed by atoms with E-state index < -0.39 is 0 Å². The van der Waals surface area contributed by atoms with Crippen LogP contribution in [0.2, 0.25) is 0 Å². The second kappa shape index (κ2) is 12.1. The number of rotatable bonds is 12. The minimum absolute atomic E-state index is 0.152. The molecule has 0 aliphatic rings. The van der Waals surface area contributed by atoms with E-state index in [2.05, 4.69) is 13.5 Å². The molecule has 3 heteroatoms. The second-order valence-corrected chi connectivity index (χ2v) is 4.31. The molecule has 102 valence electrons. The van der Waals surface area contributed by atoms with Crippen molar-refractivity contribution in [2.75, 3.05) is 21.0 Å². The summed E-state index contributed by atoms with van der Waals surface area (Å²) in [6.07, 6.45) is 8.92. The minimum Gasteiger partial charge on any atom is -0.381 e. The summed E-state index contributed by atoms with van der Waals surface area (Å²) in [5, 5.41) is 0. The number of unbranched alkanes of at least 4 members (excludes halogenated alkanes) is 2. The van der Waals surface area contributed by atoms with Crippen LogP contribution in [0.1, 0.15) is 45.4 Å². The highest BCUT2D eigenvalue weighted by molar-refractivity contribution is 4.76. The van der Waals surface area contributed by atoms with Gasteiger partial charge in [0.05, 0.1) is 12.2 Å². The van der Waals surface area contributed by atoms with Crippen LogP contribution in [-0.2, 0) is 14.2 Å². The topological polar surface area (TPSA) is 27.7 Å². The fourth-order valence-electron chi connectivity index (χ4n) is 1.83. The first-order valence-corrected chi connectivity index (χ1v) is 6.52. The highest BCUT2D eigenvalue weighted by Gasteiger charge is 2.15. The first kappa shape index (κ1) is 16.6. The van der Waals surface area contributed by atoms with Crippen molar-refractivity contribution in [1.82, 2.24) is 0 Å². The van der Waals surface area contributed by atoms with Gasteiger partial charge in [-0.25, -0.2) is 0 Å². The van der Waals surface area contributed by atoms with Crippen LogP contribution in [0.25, 0.3) is 0 Å². The molecule has 0 aromatic rings. The fraction of sp³-hybridized carbons (Fsp3) is 0.857. The van der Waals surface area contributed by atoms with E-state index in [1.807, 2.05) is 6.08 Å². The van der Waals surface area contributed by atoms with Crippen LogP contribution in [0, 0.1) is 0 Å². The normalized spacial score (nSPS) is 14.5. The summed E-state index contributed by atoms with van der Waals surface area (Å²) in [5.41, 5.74) is 0. The zero-order chi connectivity index (χ0) is 12.9. The van der Waals surface area contributed by atoms with Crippen LogP contribution in [0.4, 0.5) is 0 Å². The molecule has 0 saturated carbocycles. The van der Waals surface area contributed by atoms with Crippen molar-refractivity contribution in [2.24, 2.45) is 0 Å². The number of hydrogen-bond acceptors (Lipinski definition) is 3. The van der Waals surface area contributed by atoms with Gasteiger partial charge in [0.1, 0.15) is 6.79 Å². The lowest BCUT2D eigenvalue weighted by atomic mass is 10.0. The Balaban J connectivity index is 3.93. The molecule has 0 radical (unpaired) electrons. The molecule has 0 aliphatic carbocycles. The maximum atomic E-state index is 5.60. The lowest BCUT2D eigenvalue weighted by Gasteiger charge is -2.22. The van der Waals surface area contributed by atoms with E-state index >= 15 is 0 Å². The van der Waals surface area contributed by atoms with E-state index in [4.69, 9.17) is 14.2 Å². The first-order chi connectivity index (χ1) is 8.28. The fourth-order valence-corrected chi connectivity index (χ4v) is 1.83. The second-order valence-electron chi connectivity index (χ2n) is 4.31. The van der Waals surface area contributed by atoms with Crippen molar-refractivity contribution in [3.8, 4) is 0 Å². The number of ether oxygens (including phenoxy) is 3. The van der Waals surface area contributed by atoms with Crippen LogP contribution < -0.4 is 0 Å². The SMILES string of the molecule is C=CC[C@@H](C[C@@H](CCCCC)OC)OCOC. The molecule has 0 bridgehead atoms. The summed E-state index contributed by atoms with van der Waals surface area (Å²) in [5.74, 6) is 0.